The molecular weight excluding hydrogens is 329 g/mol. The van der Waals surface area contributed by atoms with Crippen LogP contribution in [0.4, 0.5) is 8.78 Å². The Morgan fingerprint density at radius 3 is 2.62 bits per heavy atom. The number of phenolic OH excluding ortho intramolecular Hbond substituents is 1. The van der Waals surface area contributed by atoms with E-state index in [1.165, 1.54) is 0 Å². The van der Waals surface area contributed by atoms with Crippen LogP contribution in [0.2, 0.25) is 10.0 Å². The van der Waals surface area contributed by atoms with Gasteiger partial charge in [-0.2, -0.15) is 9.94 Å². The molecule has 0 saturated heterocycles. The molecule has 0 aliphatic rings. The molecule has 0 spiro atoms. The highest BCUT2D eigenvalue weighted by molar-refractivity contribution is 6.36. The van der Waals surface area contributed by atoms with Crippen LogP contribution in [0.15, 0.2) is 16.9 Å². The minimum Gasteiger partial charge on any atom is -0.506 e. The molecule has 1 heterocycles. The van der Waals surface area contributed by atoms with Gasteiger partial charge in [-0.05, 0) is 6.07 Å². The van der Waals surface area contributed by atoms with E-state index in [9.17, 15) is 18.7 Å². The van der Waals surface area contributed by atoms with Crippen LogP contribution in [-0.2, 0) is 6.54 Å². The van der Waals surface area contributed by atoms with E-state index in [0.717, 1.165) is 12.1 Å². The maximum atomic E-state index is 12.9. The molecule has 0 aliphatic carbocycles. The van der Waals surface area contributed by atoms with Crippen molar-refractivity contribution in [3.8, 4) is 17.5 Å². The SMILES string of the molecule is N#CCn1c(C(F)F)nn(-c2cc(O)c(Cl)cc2Cl)c1=O. The summed E-state index contributed by atoms with van der Waals surface area (Å²) in [7, 11) is 0. The van der Waals surface area contributed by atoms with Crippen LogP contribution in [-0.4, -0.2) is 19.5 Å². The normalized spacial score (nSPS) is 10.9. The number of hydrogen-bond donors (Lipinski definition) is 1. The first-order valence-electron chi connectivity index (χ1n) is 5.40. The maximum Gasteiger partial charge on any atom is 0.351 e. The minimum atomic E-state index is -3.05. The van der Waals surface area contributed by atoms with Gasteiger partial charge in [-0.1, -0.05) is 23.2 Å². The number of nitriles is 1. The third kappa shape index (κ3) is 2.70. The summed E-state index contributed by atoms with van der Waals surface area (Å²) in [5, 5.41) is 21.4. The summed E-state index contributed by atoms with van der Waals surface area (Å²) in [6, 6.07) is 3.76. The molecule has 1 aromatic heterocycles. The Bertz CT molecular complexity index is 795. The van der Waals surface area contributed by atoms with Crippen LogP contribution in [0.1, 0.15) is 12.2 Å². The van der Waals surface area contributed by atoms with Gasteiger partial charge in [-0.25, -0.2) is 13.6 Å². The first-order valence-corrected chi connectivity index (χ1v) is 6.15. The van der Waals surface area contributed by atoms with Crippen molar-refractivity contribution in [3.05, 3.63) is 38.5 Å². The van der Waals surface area contributed by atoms with Crippen molar-refractivity contribution < 1.29 is 13.9 Å². The van der Waals surface area contributed by atoms with E-state index in [1.807, 2.05) is 0 Å². The Morgan fingerprint density at radius 2 is 2.05 bits per heavy atom. The molecule has 0 radical (unpaired) electrons. The van der Waals surface area contributed by atoms with Gasteiger partial charge in [0.05, 0.1) is 21.8 Å². The van der Waals surface area contributed by atoms with Gasteiger partial charge in [-0.15, -0.1) is 5.10 Å². The lowest BCUT2D eigenvalue weighted by Gasteiger charge is -2.05. The molecule has 1 N–H and O–H groups in total. The highest BCUT2D eigenvalue weighted by atomic mass is 35.5. The molecule has 10 heteroatoms. The lowest BCUT2D eigenvalue weighted by molar-refractivity contribution is 0.135. The topological polar surface area (TPSA) is 83.8 Å². The van der Waals surface area contributed by atoms with Crippen LogP contribution in [0.3, 0.4) is 0 Å². The van der Waals surface area contributed by atoms with E-state index in [4.69, 9.17) is 28.5 Å². The number of benzene rings is 1. The fraction of sp³-hybridized carbons (Fsp3) is 0.182. The molecule has 0 aliphatic heterocycles. The Morgan fingerprint density at radius 1 is 1.38 bits per heavy atom. The monoisotopic (exact) mass is 334 g/mol. The fourth-order valence-corrected chi connectivity index (χ4v) is 2.10. The third-order valence-electron chi connectivity index (χ3n) is 2.56. The first kappa shape index (κ1) is 15.3. The second kappa shape index (κ2) is 5.71. The molecule has 21 heavy (non-hydrogen) atoms. The molecule has 0 bridgehead atoms. The van der Waals surface area contributed by atoms with E-state index in [0.29, 0.717) is 9.25 Å². The van der Waals surface area contributed by atoms with Crippen molar-refractivity contribution in [2.75, 3.05) is 0 Å². The van der Waals surface area contributed by atoms with E-state index in [2.05, 4.69) is 5.10 Å². The smallest absolute Gasteiger partial charge is 0.351 e. The molecule has 0 fully saturated rings. The lowest BCUT2D eigenvalue weighted by atomic mass is 10.3. The summed E-state index contributed by atoms with van der Waals surface area (Å²) in [5.74, 6) is -1.26. The second-order valence-electron chi connectivity index (χ2n) is 3.85. The van der Waals surface area contributed by atoms with Crippen LogP contribution in [0.5, 0.6) is 5.75 Å². The highest BCUT2D eigenvalue weighted by Crippen LogP contribution is 2.31. The van der Waals surface area contributed by atoms with Crippen molar-refractivity contribution in [2.24, 2.45) is 0 Å². The molecule has 2 aromatic rings. The maximum absolute atomic E-state index is 12.9. The lowest BCUT2D eigenvalue weighted by Crippen LogP contribution is -2.24. The van der Waals surface area contributed by atoms with Gasteiger partial charge in [0.1, 0.15) is 12.3 Å². The zero-order valence-electron chi connectivity index (χ0n) is 10.1. The van der Waals surface area contributed by atoms with Crippen LogP contribution >= 0.6 is 23.2 Å². The molecule has 1 aromatic carbocycles. The van der Waals surface area contributed by atoms with Crippen molar-refractivity contribution >= 4 is 23.2 Å². The molecular formula is C11H6Cl2F2N4O2. The fourth-order valence-electron chi connectivity index (χ4n) is 1.64. The third-order valence-corrected chi connectivity index (χ3v) is 3.17. The largest absolute Gasteiger partial charge is 0.506 e. The van der Waals surface area contributed by atoms with E-state index in [1.54, 1.807) is 6.07 Å². The van der Waals surface area contributed by atoms with Crippen molar-refractivity contribution in [1.29, 1.82) is 5.26 Å². The molecule has 2 rings (SSSR count). The Kier molecular flexibility index (Phi) is 4.16. The number of aromatic hydroxyl groups is 1. The van der Waals surface area contributed by atoms with Gasteiger partial charge in [-0.3, -0.25) is 4.57 Å². The number of halogens is 4. The number of rotatable bonds is 3. The van der Waals surface area contributed by atoms with E-state index in [-0.39, 0.29) is 15.7 Å². The van der Waals surface area contributed by atoms with Gasteiger partial charge < -0.3 is 5.11 Å². The summed E-state index contributed by atoms with van der Waals surface area (Å²) < 4.78 is 26.8. The summed E-state index contributed by atoms with van der Waals surface area (Å²) >= 11 is 11.5. The summed E-state index contributed by atoms with van der Waals surface area (Å²) in [4.78, 5) is 12.0. The van der Waals surface area contributed by atoms with Gasteiger partial charge in [0, 0.05) is 6.07 Å². The standard InChI is InChI=1S/C11H6Cl2F2N4O2/c12-5-3-6(13)8(20)4-7(5)19-11(21)18(2-1-16)10(17-19)9(14)15/h3-4,9,20H,2H2. The number of hydrogen-bond acceptors (Lipinski definition) is 4. The number of alkyl halides is 2. The molecule has 110 valence electrons. The molecule has 0 atom stereocenters. The van der Waals surface area contributed by atoms with Crippen molar-refractivity contribution in [1.82, 2.24) is 14.3 Å². The van der Waals surface area contributed by atoms with E-state index >= 15 is 0 Å². The van der Waals surface area contributed by atoms with E-state index < -0.39 is 30.2 Å². The van der Waals surface area contributed by atoms with Crippen LogP contribution in [0, 0.1) is 11.3 Å². The van der Waals surface area contributed by atoms with Gasteiger partial charge in [0.25, 0.3) is 6.43 Å². The van der Waals surface area contributed by atoms with Crippen molar-refractivity contribution in [2.45, 2.75) is 13.0 Å². The molecule has 0 unspecified atom stereocenters. The summed E-state index contributed by atoms with van der Waals surface area (Å²) in [5.41, 5.74) is -1.10. The zero-order valence-corrected chi connectivity index (χ0v) is 11.6. The minimum absolute atomic E-state index is 0.0673. The Labute approximate surface area is 126 Å². The molecule has 0 saturated carbocycles. The first-order chi connectivity index (χ1) is 9.86. The quantitative estimate of drug-likeness (QED) is 0.934. The average Bonchev–Trinajstić information content (AvgIpc) is 2.73. The highest BCUT2D eigenvalue weighted by Gasteiger charge is 2.23. The van der Waals surface area contributed by atoms with Crippen LogP contribution < -0.4 is 5.69 Å². The summed E-state index contributed by atoms with van der Waals surface area (Å²) in [6.45, 7) is -0.588. The number of aromatic nitrogens is 3. The Hall–Kier alpha value is -2.11. The van der Waals surface area contributed by atoms with Crippen molar-refractivity contribution in [3.63, 3.8) is 0 Å². The zero-order chi connectivity index (χ0) is 15.7. The molecule has 6 nitrogen and oxygen atoms in total. The second-order valence-corrected chi connectivity index (χ2v) is 4.67. The predicted octanol–water partition coefficient (Wildman–Crippen LogP) is 2.51. The molecule has 0 amide bonds. The number of phenols is 1. The average molecular weight is 335 g/mol. The summed E-state index contributed by atoms with van der Waals surface area (Å²) in [6.07, 6.45) is -3.05. The van der Waals surface area contributed by atoms with Crippen LogP contribution in [0.25, 0.3) is 5.69 Å². The Balaban J connectivity index is 2.71. The van der Waals surface area contributed by atoms with Gasteiger partial charge in [0.2, 0.25) is 5.82 Å². The van der Waals surface area contributed by atoms with Gasteiger partial charge in [0.15, 0.2) is 0 Å². The number of nitrogens with zero attached hydrogens (tertiary/aromatic N) is 4. The predicted molar refractivity (Wildman–Crippen MR) is 70.1 cm³/mol. The van der Waals surface area contributed by atoms with Gasteiger partial charge >= 0.3 is 5.69 Å².